The number of methoxy groups -OCH3 is 1. The number of hydrogen-bond acceptors (Lipinski definition) is 6. The molecule has 0 aliphatic heterocycles. The lowest BCUT2D eigenvalue weighted by Crippen LogP contribution is -2.11. The summed E-state index contributed by atoms with van der Waals surface area (Å²) >= 11 is 0. The van der Waals surface area contributed by atoms with E-state index in [0.29, 0.717) is 34.7 Å². The average molecular weight is 507 g/mol. The van der Waals surface area contributed by atoms with Crippen molar-refractivity contribution in [1.82, 2.24) is 9.78 Å². The summed E-state index contributed by atoms with van der Waals surface area (Å²) in [4.78, 5) is -0.0498. The summed E-state index contributed by atoms with van der Waals surface area (Å²) in [6.07, 6.45) is 0. The number of aromatic nitrogens is 2. The largest absolute Gasteiger partial charge is 0.494 e. The number of nitriles is 1. The summed E-state index contributed by atoms with van der Waals surface area (Å²) in [6, 6.07) is 22.1. The van der Waals surface area contributed by atoms with Crippen LogP contribution in [-0.2, 0) is 34.5 Å². The summed E-state index contributed by atoms with van der Waals surface area (Å²) in [6.45, 7) is 0.361. The molecule has 0 unspecified atom stereocenters. The van der Waals surface area contributed by atoms with Crippen LogP contribution in [0.1, 0.15) is 11.3 Å². The first-order chi connectivity index (χ1) is 17.3. The molecule has 0 atom stereocenters. The van der Waals surface area contributed by atoms with Gasteiger partial charge in [0.1, 0.15) is 12.2 Å². The number of nitrogens with two attached hydrogens (primary N) is 1. The Kier molecular flexibility index (Phi) is 7.45. The molecule has 184 valence electrons. The van der Waals surface area contributed by atoms with Gasteiger partial charge in [-0.05, 0) is 35.4 Å². The van der Waals surface area contributed by atoms with Crippen LogP contribution in [0.15, 0.2) is 77.7 Å². The number of ether oxygens (including phenoxy) is 2. The van der Waals surface area contributed by atoms with Gasteiger partial charge >= 0.3 is 0 Å². The maximum absolute atomic E-state index is 14.7. The first-order valence-electron chi connectivity index (χ1n) is 10.9. The van der Waals surface area contributed by atoms with Crippen molar-refractivity contribution in [1.29, 1.82) is 5.26 Å². The Morgan fingerprint density at radius 1 is 1.03 bits per heavy atom. The Hall–Kier alpha value is -4.04. The fourth-order valence-corrected chi connectivity index (χ4v) is 4.33. The molecule has 1 heterocycles. The van der Waals surface area contributed by atoms with E-state index in [0.717, 1.165) is 5.56 Å². The molecule has 0 aliphatic carbocycles. The summed E-state index contributed by atoms with van der Waals surface area (Å²) in [5, 5.41) is 19.3. The first kappa shape index (κ1) is 25.1. The topological polar surface area (TPSA) is 120 Å². The third kappa shape index (κ3) is 5.44. The van der Waals surface area contributed by atoms with Crippen molar-refractivity contribution < 1.29 is 22.3 Å². The van der Waals surface area contributed by atoms with Crippen LogP contribution in [0.25, 0.3) is 22.4 Å². The molecule has 1 aromatic heterocycles. The van der Waals surface area contributed by atoms with Crippen molar-refractivity contribution in [3.8, 4) is 34.2 Å². The van der Waals surface area contributed by atoms with E-state index >= 15 is 0 Å². The first-order valence-corrected chi connectivity index (χ1v) is 12.4. The Morgan fingerprint density at radius 2 is 1.72 bits per heavy atom. The molecule has 0 aliphatic rings. The van der Waals surface area contributed by atoms with Crippen molar-refractivity contribution in [2.45, 2.75) is 24.7 Å². The minimum Gasteiger partial charge on any atom is -0.494 e. The number of benzene rings is 3. The molecular weight excluding hydrogens is 483 g/mol. The monoisotopic (exact) mass is 506 g/mol. The molecular formula is C26H23FN4O4S. The summed E-state index contributed by atoms with van der Waals surface area (Å²) < 4.78 is 50.6. The van der Waals surface area contributed by atoms with Gasteiger partial charge in [0.05, 0.1) is 37.0 Å². The van der Waals surface area contributed by atoms with Crippen LogP contribution in [0.5, 0.6) is 5.75 Å². The lowest BCUT2D eigenvalue weighted by atomic mass is 9.98. The minimum atomic E-state index is -3.88. The van der Waals surface area contributed by atoms with E-state index in [-0.39, 0.29) is 23.8 Å². The van der Waals surface area contributed by atoms with Crippen LogP contribution >= 0.6 is 0 Å². The molecule has 4 rings (SSSR count). The lowest BCUT2D eigenvalue weighted by molar-refractivity contribution is 0.102. The zero-order valence-corrected chi connectivity index (χ0v) is 20.2. The number of sulfonamides is 1. The standard InChI is InChI=1S/C26H23FN4O4S/c1-34-24-12-9-20(15-22(24)27)25-23(17-35-16-18-5-3-2-4-6-18)31(14-13-28)30-26(25)19-7-10-21(11-8-19)36(29,32)33/h2-12,15H,14,16-17H2,1H3,(H2,29,32,33). The molecule has 2 N–H and O–H groups in total. The van der Waals surface area contributed by atoms with E-state index in [1.54, 1.807) is 18.2 Å². The van der Waals surface area contributed by atoms with E-state index in [2.05, 4.69) is 11.2 Å². The molecule has 4 aromatic rings. The quantitative estimate of drug-likeness (QED) is 0.362. The minimum absolute atomic E-state index is 0.0498. The smallest absolute Gasteiger partial charge is 0.238 e. The number of nitrogens with zero attached hydrogens (tertiary/aromatic N) is 3. The van der Waals surface area contributed by atoms with Gasteiger partial charge in [-0.3, -0.25) is 4.68 Å². The van der Waals surface area contributed by atoms with Crippen LogP contribution in [0.3, 0.4) is 0 Å². The Balaban J connectivity index is 1.83. The highest BCUT2D eigenvalue weighted by Crippen LogP contribution is 2.37. The Labute approximate surface area is 208 Å². The van der Waals surface area contributed by atoms with E-state index in [9.17, 15) is 18.1 Å². The van der Waals surface area contributed by atoms with Crippen LogP contribution in [-0.4, -0.2) is 25.3 Å². The van der Waals surface area contributed by atoms with E-state index in [1.807, 2.05) is 30.3 Å². The van der Waals surface area contributed by atoms with E-state index < -0.39 is 15.8 Å². The number of halogens is 1. The van der Waals surface area contributed by atoms with E-state index in [4.69, 9.17) is 14.6 Å². The highest BCUT2D eigenvalue weighted by molar-refractivity contribution is 7.89. The van der Waals surface area contributed by atoms with Gasteiger partial charge in [-0.25, -0.2) is 17.9 Å². The second-order valence-corrected chi connectivity index (χ2v) is 9.44. The van der Waals surface area contributed by atoms with Crippen LogP contribution in [0.4, 0.5) is 4.39 Å². The fraction of sp³-hybridized carbons (Fsp3) is 0.154. The van der Waals surface area contributed by atoms with Crippen molar-refractivity contribution in [3.05, 3.63) is 89.9 Å². The van der Waals surface area contributed by atoms with Crippen LogP contribution < -0.4 is 9.88 Å². The molecule has 0 radical (unpaired) electrons. The maximum Gasteiger partial charge on any atom is 0.238 e. The van der Waals surface area contributed by atoms with Gasteiger partial charge in [-0.2, -0.15) is 10.4 Å². The fourth-order valence-electron chi connectivity index (χ4n) is 3.81. The number of rotatable bonds is 9. The van der Waals surface area contributed by atoms with Crippen molar-refractivity contribution >= 4 is 10.0 Å². The van der Waals surface area contributed by atoms with E-state index in [1.165, 1.54) is 36.1 Å². The van der Waals surface area contributed by atoms with Gasteiger partial charge in [0.2, 0.25) is 10.0 Å². The van der Waals surface area contributed by atoms with Gasteiger partial charge in [0.15, 0.2) is 11.6 Å². The van der Waals surface area contributed by atoms with Crippen molar-refractivity contribution in [2.24, 2.45) is 5.14 Å². The molecule has 3 aromatic carbocycles. The summed E-state index contributed by atoms with van der Waals surface area (Å²) in [5.74, 6) is -0.473. The molecule has 0 saturated heterocycles. The van der Waals surface area contributed by atoms with Crippen molar-refractivity contribution in [2.75, 3.05) is 7.11 Å². The predicted molar refractivity (Wildman–Crippen MR) is 132 cm³/mol. The van der Waals surface area contributed by atoms with Crippen molar-refractivity contribution in [3.63, 3.8) is 0 Å². The summed E-state index contributed by atoms with van der Waals surface area (Å²) in [5.41, 5.74) is 3.61. The molecule has 36 heavy (non-hydrogen) atoms. The highest BCUT2D eigenvalue weighted by Gasteiger charge is 2.22. The van der Waals surface area contributed by atoms with Gasteiger partial charge < -0.3 is 9.47 Å². The third-order valence-corrected chi connectivity index (χ3v) is 6.45. The molecule has 0 saturated carbocycles. The second-order valence-electron chi connectivity index (χ2n) is 7.88. The molecule has 8 nitrogen and oxygen atoms in total. The normalized spacial score (nSPS) is 11.3. The SMILES string of the molecule is COc1ccc(-c2c(-c3ccc(S(N)(=O)=O)cc3)nn(CC#N)c2COCc2ccccc2)cc1F. The zero-order valence-electron chi connectivity index (χ0n) is 19.4. The molecule has 0 fully saturated rings. The number of hydrogen-bond donors (Lipinski definition) is 1. The highest BCUT2D eigenvalue weighted by atomic mass is 32.2. The van der Waals surface area contributed by atoms with Crippen LogP contribution in [0.2, 0.25) is 0 Å². The van der Waals surface area contributed by atoms with Crippen LogP contribution in [0, 0.1) is 17.1 Å². The predicted octanol–water partition coefficient (Wildman–Crippen LogP) is 4.25. The Bertz CT molecular complexity index is 1510. The van der Waals surface area contributed by atoms with Gasteiger partial charge in [-0.1, -0.05) is 48.5 Å². The lowest BCUT2D eigenvalue weighted by Gasteiger charge is -2.11. The molecule has 0 bridgehead atoms. The van der Waals surface area contributed by atoms with Gasteiger partial charge in [0, 0.05) is 11.1 Å². The maximum atomic E-state index is 14.7. The third-order valence-electron chi connectivity index (χ3n) is 5.53. The average Bonchev–Trinajstić information content (AvgIpc) is 3.22. The molecule has 0 spiro atoms. The zero-order chi connectivity index (χ0) is 25.7. The molecule has 0 amide bonds. The molecule has 10 heteroatoms. The number of primary sulfonamides is 1. The van der Waals surface area contributed by atoms with Gasteiger partial charge in [0.25, 0.3) is 0 Å². The summed E-state index contributed by atoms with van der Waals surface area (Å²) in [7, 11) is -2.50. The Morgan fingerprint density at radius 3 is 2.33 bits per heavy atom. The van der Waals surface area contributed by atoms with Gasteiger partial charge in [-0.15, -0.1) is 0 Å². The second kappa shape index (κ2) is 10.7.